The molecule has 0 saturated carbocycles. The molecule has 0 spiro atoms. The smallest absolute Gasteiger partial charge is 0.250 e. The number of nitriles is 1. The van der Waals surface area contributed by atoms with E-state index in [-0.39, 0.29) is 0 Å². The number of aromatic amines is 1. The Morgan fingerprint density at radius 3 is 2.52 bits per heavy atom. The van der Waals surface area contributed by atoms with Gasteiger partial charge in [0.25, 0.3) is 0 Å². The highest BCUT2D eigenvalue weighted by Crippen LogP contribution is 2.34. The summed E-state index contributed by atoms with van der Waals surface area (Å²) in [7, 11) is 0. The van der Waals surface area contributed by atoms with Gasteiger partial charge < -0.3 is 0 Å². The molecule has 1 fully saturated rings. The van der Waals surface area contributed by atoms with Crippen LogP contribution in [0.3, 0.4) is 0 Å². The average Bonchev–Trinajstić information content (AvgIpc) is 3.16. The van der Waals surface area contributed by atoms with E-state index in [4.69, 9.17) is 0 Å². The number of H-pyrrole nitrogens is 1. The Kier molecular flexibility index (Phi) is 3.41. The zero-order valence-corrected chi connectivity index (χ0v) is 14.5. The van der Waals surface area contributed by atoms with Gasteiger partial charge in [-0.2, -0.15) is 9.66 Å². The summed E-state index contributed by atoms with van der Waals surface area (Å²) in [6, 6.07) is 10.9. The first-order valence-corrected chi connectivity index (χ1v) is 9.53. The van der Waals surface area contributed by atoms with E-state index >= 15 is 0 Å². The summed E-state index contributed by atoms with van der Waals surface area (Å²) < 4.78 is 2.34. The van der Waals surface area contributed by atoms with Crippen LogP contribution in [0.1, 0.15) is 48.8 Å². The van der Waals surface area contributed by atoms with E-state index in [1.807, 2.05) is 0 Å². The van der Waals surface area contributed by atoms with Crippen LogP contribution in [-0.2, 0) is 12.8 Å². The molecule has 25 heavy (non-hydrogen) atoms. The molecule has 4 nitrogen and oxygen atoms in total. The zero-order valence-electron chi connectivity index (χ0n) is 14.5. The highest BCUT2D eigenvalue weighted by Gasteiger charge is 2.33. The third-order valence-corrected chi connectivity index (χ3v) is 5.88. The van der Waals surface area contributed by atoms with E-state index in [2.05, 4.69) is 44.6 Å². The van der Waals surface area contributed by atoms with Crippen molar-refractivity contribution in [1.29, 1.82) is 5.26 Å². The van der Waals surface area contributed by atoms with Gasteiger partial charge in [0.05, 0.1) is 13.1 Å². The topological polar surface area (TPSA) is 46.9 Å². The molecule has 2 aliphatic rings. The summed E-state index contributed by atoms with van der Waals surface area (Å²) in [5, 5.41) is 9.87. The number of imidazole rings is 1. The predicted octanol–water partition coefficient (Wildman–Crippen LogP) is 3.65. The Balaban J connectivity index is 1.90. The summed E-state index contributed by atoms with van der Waals surface area (Å²) in [6.45, 7) is 2.25. The Labute approximate surface area is 147 Å². The molecular formula is C21H23N4+. The first-order chi connectivity index (χ1) is 12.4. The van der Waals surface area contributed by atoms with Crippen molar-refractivity contribution in [2.75, 3.05) is 18.0 Å². The van der Waals surface area contributed by atoms with Crippen LogP contribution in [0.2, 0.25) is 0 Å². The highest BCUT2D eigenvalue weighted by atomic mass is 15.2. The average molecular weight is 331 g/mol. The molecule has 1 aromatic carbocycles. The molecule has 0 bridgehead atoms. The largest absolute Gasteiger partial charge is 0.292 e. The number of benzene rings is 1. The van der Waals surface area contributed by atoms with E-state index in [9.17, 15) is 5.26 Å². The van der Waals surface area contributed by atoms with E-state index in [0.29, 0.717) is 0 Å². The maximum Gasteiger partial charge on any atom is 0.250 e. The molecule has 0 amide bonds. The maximum absolute atomic E-state index is 9.87. The third-order valence-electron chi connectivity index (χ3n) is 5.88. The number of para-hydroxylation sites is 2. The van der Waals surface area contributed by atoms with Crippen molar-refractivity contribution in [2.45, 2.75) is 44.9 Å². The highest BCUT2D eigenvalue weighted by molar-refractivity contribution is 5.78. The Bertz CT molecular complexity index is 1000. The standard InChI is InChI=1S/C21H22N4/c22-14-17-15-8-7-9-16(15)21(24-12-5-1-2-6-13-24)25-19-11-4-3-10-18(19)23-20(17)25/h3-4,10-11H,1-2,5-9,12-13H2/p+1. The van der Waals surface area contributed by atoms with Crippen LogP contribution in [0.5, 0.6) is 0 Å². The van der Waals surface area contributed by atoms with Crippen LogP contribution in [0, 0.1) is 11.3 Å². The second-order valence-electron chi connectivity index (χ2n) is 7.35. The fourth-order valence-corrected chi connectivity index (χ4v) is 4.75. The summed E-state index contributed by atoms with van der Waals surface area (Å²) in [5.41, 5.74) is 6.82. The first kappa shape index (κ1) is 14.8. The van der Waals surface area contributed by atoms with Gasteiger partial charge in [0.1, 0.15) is 22.7 Å². The van der Waals surface area contributed by atoms with Crippen molar-refractivity contribution < 1.29 is 4.40 Å². The van der Waals surface area contributed by atoms with Gasteiger partial charge in [-0.3, -0.25) is 9.88 Å². The third kappa shape index (κ3) is 2.15. The number of anilines is 1. The Morgan fingerprint density at radius 1 is 0.960 bits per heavy atom. The lowest BCUT2D eigenvalue weighted by Crippen LogP contribution is -2.38. The number of aromatic nitrogens is 2. The molecular weight excluding hydrogens is 308 g/mol. The second kappa shape index (κ2) is 5.77. The van der Waals surface area contributed by atoms with Crippen molar-refractivity contribution in [3.05, 3.63) is 41.0 Å². The molecule has 1 saturated heterocycles. The van der Waals surface area contributed by atoms with E-state index < -0.39 is 0 Å². The fraction of sp³-hybridized carbons (Fsp3) is 0.429. The molecule has 1 aliphatic heterocycles. The van der Waals surface area contributed by atoms with E-state index in [0.717, 1.165) is 49.1 Å². The number of hydrogen-bond donors (Lipinski definition) is 1. The molecule has 2 aromatic heterocycles. The van der Waals surface area contributed by atoms with Gasteiger partial charge in [0.15, 0.2) is 0 Å². The van der Waals surface area contributed by atoms with Gasteiger partial charge in [-0.25, -0.2) is 0 Å². The molecule has 4 heteroatoms. The van der Waals surface area contributed by atoms with Gasteiger partial charge in [0, 0.05) is 5.56 Å². The van der Waals surface area contributed by atoms with Crippen LogP contribution < -0.4 is 9.30 Å². The number of nitrogens with one attached hydrogen (secondary N) is 1. The van der Waals surface area contributed by atoms with Crippen molar-refractivity contribution >= 4 is 22.5 Å². The number of nitrogens with zero attached hydrogens (tertiary/aromatic N) is 3. The van der Waals surface area contributed by atoms with Crippen LogP contribution in [0.4, 0.5) is 5.82 Å². The van der Waals surface area contributed by atoms with Gasteiger partial charge in [0.2, 0.25) is 11.5 Å². The molecule has 3 aromatic rings. The van der Waals surface area contributed by atoms with E-state index in [1.165, 1.54) is 48.1 Å². The van der Waals surface area contributed by atoms with Gasteiger partial charge in [-0.15, -0.1) is 0 Å². The SMILES string of the molecule is N#Cc1c2c(c(N3CCCCCC3)[n+]3c1[nH]c1ccccc13)CCC2. The van der Waals surface area contributed by atoms with Crippen molar-refractivity contribution in [3.8, 4) is 6.07 Å². The number of rotatable bonds is 1. The van der Waals surface area contributed by atoms with Crippen LogP contribution >= 0.6 is 0 Å². The molecule has 1 aliphatic carbocycles. The predicted molar refractivity (Wildman–Crippen MR) is 98.9 cm³/mol. The number of hydrogen-bond acceptors (Lipinski definition) is 2. The molecule has 1 N–H and O–H groups in total. The van der Waals surface area contributed by atoms with Gasteiger partial charge in [-0.05, 0) is 49.8 Å². The van der Waals surface area contributed by atoms with Crippen LogP contribution in [0.15, 0.2) is 24.3 Å². The minimum Gasteiger partial charge on any atom is -0.292 e. The fourth-order valence-electron chi connectivity index (χ4n) is 4.75. The summed E-state index contributed by atoms with van der Waals surface area (Å²) in [4.78, 5) is 6.13. The summed E-state index contributed by atoms with van der Waals surface area (Å²) >= 11 is 0. The number of pyridine rings is 1. The minimum absolute atomic E-state index is 0.849. The zero-order chi connectivity index (χ0) is 16.8. The minimum atomic E-state index is 0.849. The lowest BCUT2D eigenvalue weighted by molar-refractivity contribution is -0.467. The summed E-state index contributed by atoms with van der Waals surface area (Å²) in [5.74, 6) is 1.35. The molecule has 0 radical (unpaired) electrons. The molecule has 0 atom stereocenters. The van der Waals surface area contributed by atoms with E-state index in [1.54, 1.807) is 0 Å². The first-order valence-electron chi connectivity index (χ1n) is 9.53. The lowest BCUT2D eigenvalue weighted by atomic mass is 10.1. The van der Waals surface area contributed by atoms with Crippen molar-refractivity contribution in [3.63, 3.8) is 0 Å². The van der Waals surface area contributed by atoms with Crippen LogP contribution in [0.25, 0.3) is 16.7 Å². The summed E-state index contributed by atoms with van der Waals surface area (Å²) in [6.07, 6.45) is 8.48. The molecule has 3 heterocycles. The quantitative estimate of drug-likeness (QED) is 0.692. The lowest BCUT2D eigenvalue weighted by Gasteiger charge is -2.21. The molecule has 126 valence electrons. The van der Waals surface area contributed by atoms with Crippen LogP contribution in [-0.4, -0.2) is 18.1 Å². The van der Waals surface area contributed by atoms with Crippen molar-refractivity contribution in [2.24, 2.45) is 0 Å². The Hall–Kier alpha value is -2.54. The maximum atomic E-state index is 9.87. The normalized spacial score (nSPS) is 17.6. The number of fused-ring (bicyclic) bond motifs is 4. The van der Waals surface area contributed by atoms with Gasteiger partial charge in [-0.1, -0.05) is 25.0 Å². The van der Waals surface area contributed by atoms with Gasteiger partial charge >= 0.3 is 0 Å². The monoisotopic (exact) mass is 331 g/mol. The Morgan fingerprint density at radius 2 is 1.72 bits per heavy atom. The second-order valence-corrected chi connectivity index (χ2v) is 7.35. The molecule has 0 unspecified atom stereocenters. The van der Waals surface area contributed by atoms with Crippen molar-refractivity contribution in [1.82, 2.24) is 4.98 Å². The molecule has 5 rings (SSSR count).